The van der Waals surface area contributed by atoms with Crippen LogP contribution in [0.3, 0.4) is 0 Å². The fourth-order valence-corrected chi connectivity index (χ4v) is 2.52. The average molecular weight is 299 g/mol. The van der Waals surface area contributed by atoms with Crippen LogP contribution in [0.5, 0.6) is 5.75 Å². The number of nitrogens with one attached hydrogen (secondary N) is 1. The minimum absolute atomic E-state index is 0.0785. The van der Waals surface area contributed by atoms with Gasteiger partial charge in [-0.1, -0.05) is 6.42 Å². The lowest BCUT2D eigenvalue weighted by Gasteiger charge is -2.34. The Morgan fingerprint density at radius 1 is 1.52 bits per heavy atom. The maximum Gasteiger partial charge on any atom is 0.255 e. The van der Waals surface area contributed by atoms with Crippen LogP contribution in [0.15, 0.2) is 18.3 Å². The first kappa shape index (κ1) is 15.6. The summed E-state index contributed by atoms with van der Waals surface area (Å²) in [4.78, 5) is 18.0. The van der Waals surface area contributed by atoms with Gasteiger partial charge in [-0.05, 0) is 31.5 Å². The van der Waals surface area contributed by atoms with Gasteiger partial charge in [-0.2, -0.15) is 0 Å². The van der Waals surface area contributed by atoms with Crippen molar-refractivity contribution in [3.63, 3.8) is 0 Å². The molecule has 1 amide bonds. The van der Waals surface area contributed by atoms with E-state index in [9.17, 15) is 18.7 Å². The van der Waals surface area contributed by atoms with E-state index in [1.54, 1.807) is 12.3 Å². The molecule has 116 valence electrons. The fourth-order valence-electron chi connectivity index (χ4n) is 2.52. The Morgan fingerprint density at radius 3 is 3.05 bits per heavy atom. The third-order valence-corrected chi connectivity index (χ3v) is 3.57. The van der Waals surface area contributed by atoms with E-state index in [0.29, 0.717) is 25.2 Å². The molecule has 0 saturated carbocycles. The van der Waals surface area contributed by atoms with Crippen LogP contribution in [0.25, 0.3) is 0 Å². The zero-order chi connectivity index (χ0) is 15.2. The summed E-state index contributed by atoms with van der Waals surface area (Å²) in [5, 5.41) is 12.0. The maximum absolute atomic E-state index is 12.2. The molecule has 0 spiro atoms. The first-order valence-corrected chi connectivity index (χ1v) is 7.00. The maximum atomic E-state index is 12.2. The Hall–Kier alpha value is -1.76. The molecule has 21 heavy (non-hydrogen) atoms. The van der Waals surface area contributed by atoms with Gasteiger partial charge in [0.05, 0.1) is 18.3 Å². The standard InChI is InChI=1S/C14H19F2N3O2/c15-13(16)8-18-14(21)11-4-1-2-7-19(11)9-10-12(20)5-3-6-17-10/h3,5-6,11,13,20H,1-2,4,7-9H2,(H,18,21)/t11-/m0/s1. The molecule has 1 aromatic heterocycles. The molecule has 0 radical (unpaired) electrons. The van der Waals surface area contributed by atoms with Crippen LogP contribution >= 0.6 is 0 Å². The largest absolute Gasteiger partial charge is 0.506 e. The van der Waals surface area contributed by atoms with Crippen LogP contribution in [-0.2, 0) is 11.3 Å². The smallest absolute Gasteiger partial charge is 0.255 e. The minimum atomic E-state index is -2.55. The molecule has 0 unspecified atom stereocenters. The number of alkyl halides is 2. The number of hydrogen-bond donors (Lipinski definition) is 2. The highest BCUT2D eigenvalue weighted by Gasteiger charge is 2.29. The van der Waals surface area contributed by atoms with Gasteiger partial charge in [0.15, 0.2) is 0 Å². The second-order valence-electron chi connectivity index (χ2n) is 5.09. The third kappa shape index (κ3) is 4.35. The SMILES string of the molecule is O=C(NCC(F)F)[C@@H]1CCCCN1Cc1ncccc1O. The van der Waals surface area contributed by atoms with Gasteiger partial charge in [0.1, 0.15) is 5.75 Å². The van der Waals surface area contributed by atoms with Crippen LogP contribution in [0.1, 0.15) is 25.0 Å². The Morgan fingerprint density at radius 2 is 2.33 bits per heavy atom. The van der Waals surface area contributed by atoms with Gasteiger partial charge in [-0.25, -0.2) is 8.78 Å². The van der Waals surface area contributed by atoms with Crippen LogP contribution in [0.2, 0.25) is 0 Å². The lowest BCUT2D eigenvalue weighted by molar-refractivity contribution is -0.128. The molecule has 1 saturated heterocycles. The van der Waals surface area contributed by atoms with E-state index >= 15 is 0 Å². The summed E-state index contributed by atoms with van der Waals surface area (Å²) in [5.41, 5.74) is 0.492. The van der Waals surface area contributed by atoms with Crippen molar-refractivity contribution in [2.45, 2.75) is 38.3 Å². The Bertz CT molecular complexity index is 485. The molecular weight excluding hydrogens is 280 g/mol. The average Bonchev–Trinajstić information content (AvgIpc) is 2.47. The molecule has 1 aliphatic heterocycles. The van der Waals surface area contributed by atoms with Crippen molar-refractivity contribution in [1.82, 2.24) is 15.2 Å². The van der Waals surface area contributed by atoms with E-state index in [-0.39, 0.29) is 11.7 Å². The lowest BCUT2D eigenvalue weighted by atomic mass is 10.0. The lowest BCUT2D eigenvalue weighted by Crippen LogP contribution is -2.49. The van der Waals surface area contributed by atoms with Crippen molar-refractivity contribution < 1.29 is 18.7 Å². The highest BCUT2D eigenvalue weighted by atomic mass is 19.3. The van der Waals surface area contributed by atoms with Gasteiger partial charge in [-0.15, -0.1) is 0 Å². The zero-order valence-electron chi connectivity index (χ0n) is 11.6. The Balaban J connectivity index is 2.01. The van der Waals surface area contributed by atoms with Gasteiger partial charge in [0, 0.05) is 12.7 Å². The van der Waals surface area contributed by atoms with Gasteiger partial charge in [0.2, 0.25) is 5.91 Å². The monoisotopic (exact) mass is 299 g/mol. The molecule has 1 atom stereocenters. The van der Waals surface area contributed by atoms with Gasteiger partial charge in [-0.3, -0.25) is 14.7 Å². The Kier molecular flexibility index (Phi) is 5.44. The quantitative estimate of drug-likeness (QED) is 0.865. The molecule has 1 fully saturated rings. The van der Waals surface area contributed by atoms with Gasteiger partial charge in [0.25, 0.3) is 6.43 Å². The van der Waals surface area contributed by atoms with Crippen molar-refractivity contribution in [2.24, 2.45) is 0 Å². The molecule has 1 aromatic rings. The number of halogens is 2. The topological polar surface area (TPSA) is 65.5 Å². The number of pyridine rings is 1. The second-order valence-corrected chi connectivity index (χ2v) is 5.09. The van der Waals surface area contributed by atoms with E-state index in [1.165, 1.54) is 6.07 Å². The second kappa shape index (κ2) is 7.31. The molecule has 7 heteroatoms. The van der Waals surface area contributed by atoms with Crippen LogP contribution in [-0.4, -0.2) is 46.5 Å². The molecule has 5 nitrogen and oxygen atoms in total. The highest BCUT2D eigenvalue weighted by molar-refractivity contribution is 5.81. The van der Waals surface area contributed by atoms with Crippen molar-refractivity contribution in [1.29, 1.82) is 0 Å². The molecule has 2 rings (SSSR count). The number of piperidine rings is 1. The summed E-state index contributed by atoms with van der Waals surface area (Å²) >= 11 is 0. The molecule has 0 bridgehead atoms. The molecule has 2 N–H and O–H groups in total. The van der Waals surface area contributed by atoms with Crippen molar-refractivity contribution >= 4 is 5.91 Å². The number of nitrogens with zero attached hydrogens (tertiary/aromatic N) is 2. The van der Waals surface area contributed by atoms with Crippen molar-refractivity contribution in [3.8, 4) is 5.75 Å². The van der Waals surface area contributed by atoms with Crippen molar-refractivity contribution in [3.05, 3.63) is 24.0 Å². The van der Waals surface area contributed by atoms with Gasteiger partial charge < -0.3 is 10.4 Å². The number of likely N-dealkylation sites (tertiary alicyclic amines) is 1. The number of carbonyl (C=O) groups is 1. The summed E-state index contributed by atoms with van der Waals surface area (Å²) in [6.45, 7) is 0.389. The first-order chi connectivity index (χ1) is 10.1. The number of aromatic hydroxyl groups is 1. The normalized spacial score (nSPS) is 19.7. The fraction of sp³-hybridized carbons (Fsp3) is 0.571. The van der Waals surface area contributed by atoms with Gasteiger partial charge >= 0.3 is 0 Å². The predicted octanol–water partition coefficient (Wildman–Crippen LogP) is 1.52. The molecular formula is C14H19F2N3O2. The number of rotatable bonds is 5. The number of amides is 1. The number of carbonyl (C=O) groups excluding carboxylic acids is 1. The van der Waals surface area contributed by atoms with Crippen LogP contribution < -0.4 is 5.32 Å². The minimum Gasteiger partial charge on any atom is -0.506 e. The summed E-state index contributed by atoms with van der Waals surface area (Å²) in [6, 6.07) is 2.72. The van der Waals surface area contributed by atoms with Crippen molar-refractivity contribution in [2.75, 3.05) is 13.1 Å². The summed E-state index contributed by atoms with van der Waals surface area (Å²) in [5.74, 6) is -0.305. The third-order valence-electron chi connectivity index (χ3n) is 3.57. The van der Waals surface area contributed by atoms with E-state index in [0.717, 1.165) is 12.8 Å². The summed E-state index contributed by atoms with van der Waals surface area (Å²) in [7, 11) is 0. The molecule has 2 heterocycles. The summed E-state index contributed by atoms with van der Waals surface area (Å²) in [6.07, 6.45) is 1.47. The molecule has 1 aliphatic rings. The molecule has 0 aliphatic carbocycles. The van der Waals surface area contributed by atoms with E-state index in [2.05, 4.69) is 10.3 Å². The Labute approximate surface area is 122 Å². The zero-order valence-corrected chi connectivity index (χ0v) is 11.6. The van der Waals surface area contributed by atoms with E-state index < -0.39 is 19.0 Å². The van der Waals surface area contributed by atoms with Crippen LogP contribution in [0, 0.1) is 0 Å². The van der Waals surface area contributed by atoms with E-state index in [1.807, 2.05) is 4.90 Å². The predicted molar refractivity (Wildman–Crippen MR) is 73.0 cm³/mol. The highest BCUT2D eigenvalue weighted by Crippen LogP contribution is 2.22. The number of aromatic nitrogens is 1. The number of hydrogen-bond acceptors (Lipinski definition) is 4. The van der Waals surface area contributed by atoms with Crippen LogP contribution in [0.4, 0.5) is 8.78 Å². The first-order valence-electron chi connectivity index (χ1n) is 7.00. The molecule has 0 aromatic carbocycles. The summed E-state index contributed by atoms with van der Waals surface area (Å²) < 4.78 is 24.4. The van der Waals surface area contributed by atoms with E-state index in [4.69, 9.17) is 0 Å².